The van der Waals surface area contributed by atoms with E-state index in [2.05, 4.69) is 5.32 Å². The molecule has 1 N–H and O–H groups in total. The van der Waals surface area contributed by atoms with Crippen molar-refractivity contribution in [1.82, 2.24) is 9.88 Å². The third-order valence-electron chi connectivity index (χ3n) is 5.18. The molecule has 0 saturated carbocycles. The predicted molar refractivity (Wildman–Crippen MR) is 120 cm³/mol. The number of halogens is 1. The molecule has 172 valence electrons. The minimum atomic E-state index is -0.722. The molecule has 0 radical (unpaired) electrons. The molecule has 8 heteroatoms. The van der Waals surface area contributed by atoms with E-state index in [-0.39, 0.29) is 23.6 Å². The van der Waals surface area contributed by atoms with Gasteiger partial charge in [0.1, 0.15) is 17.0 Å². The highest BCUT2D eigenvalue weighted by molar-refractivity contribution is 5.94. The van der Waals surface area contributed by atoms with Gasteiger partial charge >= 0.3 is 12.1 Å². The molecule has 1 aliphatic carbocycles. The van der Waals surface area contributed by atoms with Crippen LogP contribution in [0.4, 0.5) is 9.18 Å². The van der Waals surface area contributed by atoms with E-state index in [0.29, 0.717) is 30.5 Å². The molecule has 1 amide bonds. The van der Waals surface area contributed by atoms with Crippen LogP contribution >= 0.6 is 0 Å². The van der Waals surface area contributed by atoms with Gasteiger partial charge in [-0.15, -0.1) is 0 Å². The zero-order valence-electron chi connectivity index (χ0n) is 19.1. The summed E-state index contributed by atoms with van der Waals surface area (Å²) in [7, 11) is 0. The second-order valence-corrected chi connectivity index (χ2v) is 8.71. The van der Waals surface area contributed by atoms with Crippen LogP contribution in [0, 0.1) is 5.82 Å². The molecule has 7 nitrogen and oxygen atoms in total. The van der Waals surface area contributed by atoms with Crippen LogP contribution in [0.15, 0.2) is 29.2 Å². The summed E-state index contributed by atoms with van der Waals surface area (Å²) in [5.74, 6) is -1.27. The molecule has 1 heterocycles. The number of carbonyl (C=O) groups excluding carboxylic acids is 2. The van der Waals surface area contributed by atoms with Crippen LogP contribution in [0.3, 0.4) is 0 Å². The van der Waals surface area contributed by atoms with E-state index in [0.717, 1.165) is 5.57 Å². The molecule has 3 rings (SSSR count). The van der Waals surface area contributed by atoms with Crippen LogP contribution in [0.5, 0.6) is 0 Å². The normalized spacial score (nSPS) is 16.1. The highest BCUT2D eigenvalue weighted by Crippen LogP contribution is 2.32. The van der Waals surface area contributed by atoms with Crippen molar-refractivity contribution in [2.24, 2.45) is 0 Å². The van der Waals surface area contributed by atoms with E-state index >= 15 is 4.39 Å². The van der Waals surface area contributed by atoms with Gasteiger partial charge in [0.2, 0.25) is 5.43 Å². The number of carbonyl (C=O) groups is 2. The molecule has 1 unspecified atom stereocenters. The largest absolute Gasteiger partial charge is 0.462 e. The van der Waals surface area contributed by atoms with E-state index in [9.17, 15) is 14.4 Å². The van der Waals surface area contributed by atoms with Crippen molar-refractivity contribution in [2.75, 3.05) is 6.61 Å². The molecule has 0 spiro atoms. The summed E-state index contributed by atoms with van der Waals surface area (Å²) in [6, 6.07) is 2.54. The van der Waals surface area contributed by atoms with Gasteiger partial charge in [0.25, 0.3) is 0 Å². The minimum absolute atomic E-state index is 0.116. The van der Waals surface area contributed by atoms with Crippen molar-refractivity contribution in [3.63, 3.8) is 0 Å². The maximum absolute atomic E-state index is 15.1. The Morgan fingerprint density at radius 2 is 1.97 bits per heavy atom. The van der Waals surface area contributed by atoms with Gasteiger partial charge in [-0.25, -0.2) is 14.0 Å². The van der Waals surface area contributed by atoms with E-state index in [1.165, 1.54) is 12.3 Å². The molecule has 1 aliphatic rings. The van der Waals surface area contributed by atoms with Gasteiger partial charge in [-0.3, -0.25) is 4.79 Å². The molecule has 1 atom stereocenters. The molecule has 0 aliphatic heterocycles. The number of rotatable bonds is 5. The Labute approximate surface area is 186 Å². The number of hydrogen-bond donors (Lipinski definition) is 1. The number of alkyl carbamates (subject to hydrolysis) is 1. The number of nitrogens with one attached hydrogen (secondary N) is 1. The fraction of sp³-hybridized carbons (Fsp3) is 0.458. The predicted octanol–water partition coefficient (Wildman–Crippen LogP) is 4.41. The maximum atomic E-state index is 15.1. The third kappa shape index (κ3) is 5.00. The molecule has 2 aromatic rings. The highest BCUT2D eigenvalue weighted by Gasteiger charge is 2.25. The molecule has 1 aromatic carbocycles. The lowest BCUT2D eigenvalue weighted by molar-refractivity contribution is 0.0507. The molecular formula is C24H29FN2O5. The van der Waals surface area contributed by atoms with E-state index < -0.39 is 28.9 Å². The maximum Gasteiger partial charge on any atom is 0.408 e. The van der Waals surface area contributed by atoms with Gasteiger partial charge in [-0.05, 0) is 65.2 Å². The molecule has 0 fully saturated rings. The Balaban J connectivity index is 1.98. The van der Waals surface area contributed by atoms with E-state index in [1.807, 2.05) is 13.0 Å². The summed E-state index contributed by atoms with van der Waals surface area (Å²) in [6.45, 7) is 9.51. The summed E-state index contributed by atoms with van der Waals surface area (Å²) in [6.07, 6.45) is 3.94. The van der Waals surface area contributed by atoms with Crippen LogP contribution < -0.4 is 10.7 Å². The number of nitrogens with zero attached hydrogens (tertiary/aromatic N) is 1. The fourth-order valence-electron chi connectivity index (χ4n) is 3.79. The first-order chi connectivity index (χ1) is 15.0. The van der Waals surface area contributed by atoms with Crippen LogP contribution in [0.2, 0.25) is 0 Å². The summed E-state index contributed by atoms with van der Waals surface area (Å²) in [4.78, 5) is 37.0. The lowest BCUT2D eigenvalue weighted by Gasteiger charge is -2.21. The van der Waals surface area contributed by atoms with Crippen molar-refractivity contribution in [3.05, 3.63) is 51.6 Å². The molecule has 32 heavy (non-hydrogen) atoms. The number of pyridine rings is 1. The number of aromatic nitrogens is 1. The first-order valence-electron chi connectivity index (χ1n) is 10.8. The average Bonchev–Trinajstić information content (AvgIpc) is 3.15. The second kappa shape index (κ2) is 9.14. The number of hydrogen-bond acceptors (Lipinski definition) is 5. The van der Waals surface area contributed by atoms with Crippen molar-refractivity contribution in [2.45, 2.75) is 65.6 Å². The number of esters is 1. The first kappa shape index (κ1) is 23.5. The van der Waals surface area contributed by atoms with Crippen LogP contribution in [-0.4, -0.2) is 34.9 Å². The van der Waals surface area contributed by atoms with Gasteiger partial charge in [0.05, 0.1) is 18.2 Å². The quantitative estimate of drug-likeness (QED) is 0.691. The van der Waals surface area contributed by atoms with Gasteiger partial charge in [0, 0.05) is 23.7 Å². The lowest BCUT2D eigenvalue weighted by atomic mass is 10.0. The summed E-state index contributed by atoms with van der Waals surface area (Å²) >= 11 is 0. The number of fused-ring (bicyclic) bond motifs is 1. The Morgan fingerprint density at radius 3 is 2.59 bits per heavy atom. The van der Waals surface area contributed by atoms with Crippen LogP contribution in [0.1, 0.15) is 63.4 Å². The van der Waals surface area contributed by atoms with Crippen LogP contribution in [0.25, 0.3) is 16.5 Å². The van der Waals surface area contributed by atoms with E-state index in [4.69, 9.17) is 9.47 Å². The molecule has 1 aromatic heterocycles. The van der Waals surface area contributed by atoms with E-state index in [1.54, 1.807) is 38.3 Å². The summed E-state index contributed by atoms with van der Waals surface area (Å²) in [5, 5.41) is 2.91. The van der Waals surface area contributed by atoms with Gasteiger partial charge in [-0.2, -0.15) is 0 Å². The number of ether oxygens (including phenoxy) is 2. The van der Waals surface area contributed by atoms with Crippen LogP contribution in [-0.2, 0) is 16.0 Å². The highest BCUT2D eigenvalue weighted by atomic mass is 19.1. The zero-order chi connectivity index (χ0) is 23.6. The zero-order valence-corrected chi connectivity index (χ0v) is 19.1. The SMILES string of the molecule is CCOC(=O)c1cn(CC)c2cc(C3=CC(NC(=O)OC(C)(C)C)CC3)c(F)cc2c1=O. The standard InChI is InChI=1S/C24H29FN2O5/c1-6-27-13-18(22(29)31-7-2)21(28)17-11-19(25)16(12-20(17)27)14-8-9-15(10-14)26-23(30)32-24(3,4)5/h10-13,15H,6-9H2,1-5H3,(H,26,30). The number of aryl methyl sites for hydroxylation is 1. The van der Waals surface area contributed by atoms with Gasteiger partial charge in [-0.1, -0.05) is 6.08 Å². The summed E-state index contributed by atoms with van der Waals surface area (Å²) in [5.41, 5.74) is 0.373. The molecular weight excluding hydrogens is 415 g/mol. The summed E-state index contributed by atoms with van der Waals surface area (Å²) < 4.78 is 27.0. The monoisotopic (exact) mass is 444 g/mol. The Kier molecular flexibility index (Phi) is 6.71. The third-order valence-corrected chi connectivity index (χ3v) is 5.18. The minimum Gasteiger partial charge on any atom is -0.462 e. The number of allylic oxidation sites excluding steroid dienone is 1. The van der Waals surface area contributed by atoms with Gasteiger partial charge < -0.3 is 19.4 Å². The van der Waals surface area contributed by atoms with Gasteiger partial charge in [0.15, 0.2) is 0 Å². The first-order valence-corrected chi connectivity index (χ1v) is 10.8. The average molecular weight is 445 g/mol. The Morgan fingerprint density at radius 1 is 1.25 bits per heavy atom. The Bertz CT molecular complexity index is 1140. The van der Waals surface area contributed by atoms with Crippen molar-refractivity contribution >= 4 is 28.5 Å². The second-order valence-electron chi connectivity index (χ2n) is 8.71. The number of benzene rings is 1. The smallest absolute Gasteiger partial charge is 0.408 e. The Hall–Kier alpha value is -3.16. The fourth-order valence-corrected chi connectivity index (χ4v) is 3.79. The number of amides is 1. The van der Waals surface area contributed by atoms with Crippen molar-refractivity contribution < 1.29 is 23.5 Å². The van der Waals surface area contributed by atoms with Crippen molar-refractivity contribution in [3.8, 4) is 0 Å². The topological polar surface area (TPSA) is 86.6 Å². The van der Waals surface area contributed by atoms with Crippen molar-refractivity contribution in [1.29, 1.82) is 0 Å². The molecule has 0 saturated heterocycles. The molecule has 0 bridgehead atoms. The lowest BCUT2D eigenvalue weighted by Crippen LogP contribution is -2.37.